The predicted molar refractivity (Wildman–Crippen MR) is 91.7 cm³/mol. The first kappa shape index (κ1) is 17.4. The Morgan fingerprint density at radius 1 is 1.20 bits per heavy atom. The summed E-state index contributed by atoms with van der Waals surface area (Å²) >= 11 is 7.13. The molecule has 0 radical (unpaired) electrons. The van der Waals surface area contributed by atoms with Gasteiger partial charge in [0.15, 0.2) is 6.61 Å². The molecule has 128 valence electrons. The molecule has 0 amide bonds. The molecule has 25 heavy (non-hydrogen) atoms. The minimum Gasteiger partial charge on any atom is -0.455 e. The fourth-order valence-electron chi connectivity index (χ4n) is 1.95. The molecule has 1 heterocycles. The van der Waals surface area contributed by atoms with Crippen molar-refractivity contribution >= 4 is 29.3 Å². The lowest BCUT2D eigenvalue weighted by Gasteiger charge is -2.03. The number of halogens is 2. The van der Waals surface area contributed by atoms with Gasteiger partial charge in [0.2, 0.25) is 5.82 Å². The summed E-state index contributed by atoms with van der Waals surface area (Å²) in [5.74, 6) is -0.434. The highest BCUT2D eigenvalue weighted by atomic mass is 35.5. The summed E-state index contributed by atoms with van der Waals surface area (Å²) < 4.78 is 23.6. The van der Waals surface area contributed by atoms with Crippen LogP contribution in [0.3, 0.4) is 0 Å². The van der Waals surface area contributed by atoms with E-state index in [0.717, 1.165) is 11.8 Å². The van der Waals surface area contributed by atoms with E-state index < -0.39 is 5.97 Å². The number of carbonyl (C=O) groups is 1. The maximum absolute atomic E-state index is 13.5. The van der Waals surface area contributed by atoms with Gasteiger partial charge in [-0.1, -0.05) is 41.0 Å². The predicted octanol–water partition coefficient (Wildman–Crippen LogP) is 4.36. The number of nitrogens with zero attached hydrogens (tertiary/aromatic N) is 2. The molecule has 3 aromatic rings. The van der Waals surface area contributed by atoms with E-state index in [-0.39, 0.29) is 24.1 Å². The van der Waals surface area contributed by atoms with Crippen LogP contribution in [-0.2, 0) is 16.1 Å². The van der Waals surface area contributed by atoms with Crippen LogP contribution in [0, 0.1) is 5.82 Å². The molecule has 0 N–H and O–H groups in total. The average molecular weight is 379 g/mol. The van der Waals surface area contributed by atoms with Crippen molar-refractivity contribution in [2.24, 2.45) is 0 Å². The monoisotopic (exact) mass is 378 g/mol. The summed E-state index contributed by atoms with van der Waals surface area (Å²) in [6.07, 6.45) is 0. The molecule has 0 saturated heterocycles. The lowest BCUT2D eigenvalue weighted by atomic mass is 10.2. The summed E-state index contributed by atoms with van der Waals surface area (Å²) in [6.45, 7) is -0.159. The van der Waals surface area contributed by atoms with Gasteiger partial charge in [0.05, 0.1) is 10.8 Å². The molecule has 0 bridgehead atoms. The number of rotatable bonds is 6. The van der Waals surface area contributed by atoms with E-state index in [4.69, 9.17) is 20.9 Å². The van der Waals surface area contributed by atoms with Crippen LogP contribution in [0.5, 0.6) is 0 Å². The number of hydrogen-bond acceptors (Lipinski definition) is 6. The van der Waals surface area contributed by atoms with Crippen molar-refractivity contribution in [2.75, 3.05) is 5.75 Å². The lowest BCUT2D eigenvalue weighted by molar-refractivity contribution is -0.142. The summed E-state index contributed by atoms with van der Waals surface area (Å²) in [6, 6.07) is 13.3. The van der Waals surface area contributed by atoms with Gasteiger partial charge in [0, 0.05) is 10.5 Å². The van der Waals surface area contributed by atoms with Gasteiger partial charge in [-0.25, -0.2) is 4.39 Å². The fourth-order valence-corrected chi connectivity index (χ4v) is 2.91. The smallest absolute Gasteiger partial charge is 0.316 e. The third-order valence-corrected chi connectivity index (χ3v) is 4.47. The zero-order chi connectivity index (χ0) is 17.6. The minimum absolute atomic E-state index is 0.0214. The number of ether oxygens (including phenoxy) is 1. The standard InChI is InChI=1S/C17H12ClFN2O3S/c18-12-6-2-1-5-11(12)17-20-15(24-21-17)9-23-16(22)10-25-14-8-4-3-7-13(14)19/h1-8H,9-10H2. The van der Waals surface area contributed by atoms with Crippen molar-refractivity contribution in [3.63, 3.8) is 0 Å². The van der Waals surface area contributed by atoms with Gasteiger partial charge in [-0.15, -0.1) is 11.8 Å². The van der Waals surface area contributed by atoms with Gasteiger partial charge in [-0.2, -0.15) is 4.98 Å². The molecule has 3 rings (SSSR count). The molecule has 5 nitrogen and oxygen atoms in total. The molecule has 0 saturated carbocycles. The molecule has 0 atom stereocenters. The molecule has 0 fully saturated rings. The Bertz CT molecular complexity index is 888. The van der Waals surface area contributed by atoms with Gasteiger partial charge in [-0.05, 0) is 24.3 Å². The molecular formula is C17H12ClFN2O3S. The van der Waals surface area contributed by atoms with E-state index in [1.807, 2.05) is 0 Å². The summed E-state index contributed by atoms with van der Waals surface area (Å²) in [5, 5.41) is 4.31. The Morgan fingerprint density at radius 3 is 2.76 bits per heavy atom. The van der Waals surface area contributed by atoms with Crippen molar-refractivity contribution in [1.29, 1.82) is 0 Å². The third kappa shape index (κ3) is 4.58. The van der Waals surface area contributed by atoms with Crippen LogP contribution in [0.4, 0.5) is 4.39 Å². The Morgan fingerprint density at radius 2 is 1.96 bits per heavy atom. The van der Waals surface area contributed by atoms with Crippen LogP contribution in [0.25, 0.3) is 11.4 Å². The van der Waals surface area contributed by atoms with Crippen LogP contribution >= 0.6 is 23.4 Å². The number of benzene rings is 2. The molecule has 2 aromatic carbocycles. The molecule has 0 spiro atoms. The molecule has 0 unspecified atom stereocenters. The van der Waals surface area contributed by atoms with Crippen LogP contribution in [0.15, 0.2) is 57.9 Å². The van der Waals surface area contributed by atoms with Crippen molar-refractivity contribution in [3.05, 3.63) is 65.3 Å². The molecule has 0 aliphatic rings. The van der Waals surface area contributed by atoms with Gasteiger partial charge >= 0.3 is 5.97 Å². The second-order valence-corrected chi connectivity index (χ2v) is 6.30. The largest absolute Gasteiger partial charge is 0.455 e. The third-order valence-electron chi connectivity index (χ3n) is 3.12. The first-order valence-corrected chi connectivity index (χ1v) is 8.60. The quantitative estimate of drug-likeness (QED) is 0.469. The van der Waals surface area contributed by atoms with Crippen LogP contribution in [0.1, 0.15) is 5.89 Å². The van der Waals surface area contributed by atoms with Crippen molar-refractivity contribution in [1.82, 2.24) is 10.1 Å². The zero-order valence-electron chi connectivity index (χ0n) is 12.8. The average Bonchev–Trinajstić information content (AvgIpc) is 3.08. The maximum atomic E-state index is 13.5. The number of aromatic nitrogens is 2. The second-order valence-electron chi connectivity index (χ2n) is 4.87. The zero-order valence-corrected chi connectivity index (χ0v) is 14.4. The first-order chi connectivity index (χ1) is 12.1. The highest BCUT2D eigenvalue weighted by Gasteiger charge is 2.13. The van der Waals surface area contributed by atoms with E-state index in [0.29, 0.717) is 21.3 Å². The maximum Gasteiger partial charge on any atom is 0.316 e. The Labute approximate surface area is 152 Å². The minimum atomic E-state index is -0.509. The van der Waals surface area contributed by atoms with Gasteiger partial charge in [-0.3, -0.25) is 4.79 Å². The Balaban J connectivity index is 1.53. The highest BCUT2D eigenvalue weighted by Crippen LogP contribution is 2.25. The van der Waals surface area contributed by atoms with Gasteiger partial charge in [0.1, 0.15) is 5.82 Å². The van der Waals surface area contributed by atoms with E-state index in [9.17, 15) is 9.18 Å². The highest BCUT2D eigenvalue weighted by molar-refractivity contribution is 8.00. The first-order valence-electron chi connectivity index (χ1n) is 7.24. The fraction of sp³-hybridized carbons (Fsp3) is 0.118. The summed E-state index contributed by atoms with van der Waals surface area (Å²) in [4.78, 5) is 16.3. The molecule has 8 heteroatoms. The van der Waals surface area contributed by atoms with Crippen molar-refractivity contribution < 1.29 is 18.4 Å². The van der Waals surface area contributed by atoms with Crippen LogP contribution < -0.4 is 0 Å². The van der Waals surface area contributed by atoms with E-state index in [2.05, 4.69) is 10.1 Å². The van der Waals surface area contributed by atoms with Gasteiger partial charge in [0.25, 0.3) is 5.89 Å². The SMILES string of the molecule is O=C(CSc1ccccc1F)OCc1nc(-c2ccccc2Cl)no1. The van der Waals surface area contributed by atoms with E-state index >= 15 is 0 Å². The van der Waals surface area contributed by atoms with Gasteiger partial charge < -0.3 is 9.26 Å². The molecule has 0 aliphatic carbocycles. The number of thioether (sulfide) groups is 1. The van der Waals surface area contributed by atoms with Crippen LogP contribution in [0.2, 0.25) is 5.02 Å². The topological polar surface area (TPSA) is 65.2 Å². The Hall–Kier alpha value is -2.38. The van der Waals surface area contributed by atoms with E-state index in [1.165, 1.54) is 6.07 Å². The lowest BCUT2D eigenvalue weighted by Crippen LogP contribution is -2.07. The normalized spacial score (nSPS) is 10.6. The summed E-state index contributed by atoms with van der Waals surface area (Å²) in [5.41, 5.74) is 0.626. The van der Waals surface area contributed by atoms with Crippen molar-refractivity contribution in [2.45, 2.75) is 11.5 Å². The van der Waals surface area contributed by atoms with Crippen molar-refractivity contribution in [3.8, 4) is 11.4 Å². The summed E-state index contributed by atoms with van der Waals surface area (Å²) in [7, 11) is 0. The molecule has 0 aliphatic heterocycles. The number of hydrogen-bond donors (Lipinski definition) is 0. The molecular weight excluding hydrogens is 367 g/mol. The van der Waals surface area contributed by atoms with Crippen LogP contribution in [-0.4, -0.2) is 21.9 Å². The molecule has 1 aromatic heterocycles. The second kappa shape index (κ2) is 8.13. The van der Waals surface area contributed by atoms with E-state index in [1.54, 1.807) is 42.5 Å². The number of carbonyl (C=O) groups excluding carboxylic acids is 1. The number of esters is 1. The Kier molecular flexibility index (Phi) is 5.67.